The highest BCUT2D eigenvalue weighted by Gasteiger charge is 2.36. The summed E-state index contributed by atoms with van der Waals surface area (Å²) in [5, 5.41) is 0. The molecule has 5 heteroatoms. The molecule has 1 aliphatic rings. The Bertz CT molecular complexity index is 424. The molecule has 1 aromatic rings. The molecule has 0 radical (unpaired) electrons. The van der Waals surface area contributed by atoms with Crippen LogP contribution in [0.5, 0.6) is 0 Å². The predicted molar refractivity (Wildman–Crippen MR) is 78.9 cm³/mol. The number of methoxy groups -OCH3 is 1. The van der Waals surface area contributed by atoms with E-state index in [1.165, 1.54) is 10.7 Å². The molecular weight excluding hydrogens is 359 g/mol. The number of rotatable bonds is 4. The fourth-order valence-corrected chi connectivity index (χ4v) is 2.59. The maximum absolute atomic E-state index is 11.3. The Hall–Kier alpha value is -0.660. The summed E-state index contributed by atoms with van der Waals surface area (Å²) in [4.78, 5) is 11.3. The zero-order chi connectivity index (χ0) is 13.7. The Kier molecular flexibility index (Phi) is 5.18. The van der Waals surface area contributed by atoms with Gasteiger partial charge in [-0.15, -0.1) is 0 Å². The maximum atomic E-state index is 11.3. The van der Waals surface area contributed by atoms with Crippen LogP contribution in [-0.2, 0) is 24.6 Å². The van der Waals surface area contributed by atoms with Crippen molar-refractivity contribution in [2.45, 2.75) is 18.4 Å². The zero-order valence-electron chi connectivity index (χ0n) is 10.9. The summed E-state index contributed by atoms with van der Waals surface area (Å²) in [6.45, 7) is 1.27. The van der Waals surface area contributed by atoms with Crippen molar-refractivity contribution in [2.24, 2.45) is 0 Å². The summed E-state index contributed by atoms with van der Waals surface area (Å²) in [6.07, 6.45) is 1.51. The van der Waals surface area contributed by atoms with E-state index in [1.807, 2.05) is 0 Å². The molecule has 1 aliphatic heterocycles. The Balaban J connectivity index is 2.18. The van der Waals surface area contributed by atoms with Crippen molar-refractivity contribution in [1.29, 1.82) is 0 Å². The molecule has 1 saturated heterocycles. The predicted octanol–water partition coefficient (Wildman–Crippen LogP) is 2.49. The largest absolute Gasteiger partial charge is 0.467 e. The van der Waals surface area contributed by atoms with Crippen LogP contribution in [0.2, 0.25) is 0 Å². The van der Waals surface area contributed by atoms with Gasteiger partial charge in [0.05, 0.1) is 12.7 Å². The van der Waals surface area contributed by atoms with E-state index in [0.717, 1.165) is 18.4 Å². The van der Waals surface area contributed by atoms with E-state index in [0.29, 0.717) is 13.2 Å². The van der Waals surface area contributed by atoms with Crippen LogP contribution in [0.15, 0.2) is 24.3 Å². The van der Waals surface area contributed by atoms with Crippen LogP contribution < -0.4 is 0 Å². The number of esters is 1. The van der Waals surface area contributed by atoms with Crippen molar-refractivity contribution in [2.75, 3.05) is 26.9 Å². The number of carbonyl (C=O) groups excluding carboxylic acids is 1. The highest BCUT2D eigenvalue weighted by atomic mass is 127. The number of hydrogen-bond donors (Lipinski definition) is 0. The van der Waals surface area contributed by atoms with Gasteiger partial charge in [-0.2, -0.15) is 0 Å². The smallest absolute Gasteiger partial charge is 0.331 e. The number of halogens is 1. The second kappa shape index (κ2) is 6.67. The van der Waals surface area contributed by atoms with Crippen LogP contribution in [0.4, 0.5) is 0 Å². The molecule has 0 atom stereocenters. The minimum absolute atomic E-state index is 0.0253. The van der Waals surface area contributed by atoms with Crippen LogP contribution in [0, 0.1) is 3.57 Å². The van der Waals surface area contributed by atoms with Crippen LogP contribution in [-0.4, -0.2) is 32.9 Å². The third kappa shape index (κ3) is 3.67. The van der Waals surface area contributed by atoms with E-state index in [1.54, 1.807) is 0 Å². The zero-order valence-corrected chi connectivity index (χ0v) is 13.0. The van der Waals surface area contributed by atoms with Gasteiger partial charge in [0.1, 0.15) is 6.61 Å². The van der Waals surface area contributed by atoms with E-state index < -0.39 is 5.60 Å². The van der Waals surface area contributed by atoms with Gasteiger partial charge in [-0.25, -0.2) is 4.79 Å². The van der Waals surface area contributed by atoms with Gasteiger partial charge in [0.2, 0.25) is 0 Å². The Morgan fingerprint density at radius 2 is 1.95 bits per heavy atom. The minimum Gasteiger partial charge on any atom is -0.467 e. The molecule has 2 rings (SSSR count). The normalized spacial score (nSPS) is 18.0. The number of benzene rings is 1. The molecule has 0 bridgehead atoms. The lowest BCUT2D eigenvalue weighted by Crippen LogP contribution is -2.38. The first-order chi connectivity index (χ1) is 9.16. The van der Waals surface area contributed by atoms with Gasteiger partial charge in [0, 0.05) is 29.6 Å². The first-order valence-corrected chi connectivity index (χ1v) is 7.29. The van der Waals surface area contributed by atoms with Crippen molar-refractivity contribution in [3.8, 4) is 0 Å². The Morgan fingerprint density at radius 1 is 1.32 bits per heavy atom. The number of hydrogen-bond acceptors (Lipinski definition) is 4. The molecular formula is C14H17IO4. The van der Waals surface area contributed by atoms with Crippen LogP contribution in [0.3, 0.4) is 0 Å². The summed E-state index contributed by atoms with van der Waals surface area (Å²) in [5.74, 6) is -0.351. The lowest BCUT2D eigenvalue weighted by atomic mass is 9.86. The first kappa shape index (κ1) is 14.7. The van der Waals surface area contributed by atoms with Gasteiger partial charge in [-0.3, -0.25) is 0 Å². The average Bonchev–Trinajstić information content (AvgIpc) is 2.46. The van der Waals surface area contributed by atoms with Crippen molar-refractivity contribution in [1.82, 2.24) is 0 Å². The summed E-state index contributed by atoms with van der Waals surface area (Å²) in [5.41, 5.74) is 0.664. The van der Waals surface area contributed by atoms with E-state index in [2.05, 4.69) is 51.6 Å². The van der Waals surface area contributed by atoms with Crippen molar-refractivity contribution in [3.63, 3.8) is 0 Å². The molecule has 0 unspecified atom stereocenters. The maximum Gasteiger partial charge on any atom is 0.331 e. The molecule has 0 amide bonds. The minimum atomic E-state index is -0.434. The van der Waals surface area contributed by atoms with Crippen LogP contribution >= 0.6 is 22.6 Å². The van der Waals surface area contributed by atoms with Gasteiger partial charge in [0.25, 0.3) is 0 Å². The van der Waals surface area contributed by atoms with E-state index in [4.69, 9.17) is 9.47 Å². The van der Waals surface area contributed by atoms with Gasteiger partial charge < -0.3 is 14.2 Å². The molecule has 0 spiro atoms. The molecule has 104 valence electrons. The molecule has 0 aromatic heterocycles. The second-order valence-electron chi connectivity index (χ2n) is 4.48. The lowest BCUT2D eigenvalue weighted by molar-refractivity contribution is -0.162. The summed E-state index contributed by atoms with van der Waals surface area (Å²) >= 11 is 2.27. The first-order valence-electron chi connectivity index (χ1n) is 6.21. The Labute approximate surface area is 126 Å². The summed E-state index contributed by atoms with van der Waals surface area (Å²) in [7, 11) is 1.37. The standard InChI is InChI=1S/C14H17IO4/c1-17-13(16)10-19-14(6-8-18-9-7-14)11-2-4-12(15)5-3-11/h2-5H,6-10H2,1H3. The highest BCUT2D eigenvalue weighted by molar-refractivity contribution is 14.1. The van der Waals surface area contributed by atoms with Gasteiger partial charge in [0.15, 0.2) is 0 Å². The van der Waals surface area contributed by atoms with Crippen LogP contribution in [0.25, 0.3) is 0 Å². The van der Waals surface area contributed by atoms with Gasteiger partial charge in [-0.05, 0) is 40.3 Å². The molecule has 1 heterocycles. The van der Waals surface area contributed by atoms with Crippen molar-refractivity contribution >= 4 is 28.6 Å². The fourth-order valence-electron chi connectivity index (χ4n) is 2.23. The van der Waals surface area contributed by atoms with Crippen LogP contribution in [0.1, 0.15) is 18.4 Å². The highest BCUT2D eigenvalue weighted by Crippen LogP contribution is 2.36. The fraction of sp³-hybridized carbons (Fsp3) is 0.500. The second-order valence-corrected chi connectivity index (χ2v) is 5.72. The molecule has 0 aliphatic carbocycles. The third-order valence-electron chi connectivity index (χ3n) is 3.36. The topological polar surface area (TPSA) is 44.8 Å². The quantitative estimate of drug-likeness (QED) is 0.599. The lowest BCUT2D eigenvalue weighted by Gasteiger charge is -2.37. The van der Waals surface area contributed by atoms with Crippen molar-refractivity contribution in [3.05, 3.63) is 33.4 Å². The molecule has 0 saturated carbocycles. The molecule has 1 fully saturated rings. The average molecular weight is 376 g/mol. The van der Waals surface area contributed by atoms with E-state index >= 15 is 0 Å². The molecule has 0 N–H and O–H groups in total. The van der Waals surface area contributed by atoms with Gasteiger partial charge >= 0.3 is 5.97 Å². The van der Waals surface area contributed by atoms with Gasteiger partial charge in [-0.1, -0.05) is 12.1 Å². The number of carbonyl (C=O) groups is 1. The molecule has 1 aromatic carbocycles. The SMILES string of the molecule is COC(=O)COC1(c2ccc(I)cc2)CCOCC1. The van der Waals surface area contributed by atoms with E-state index in [9.17, 15) is 4.79 Å². The number of ether oxygens (including phenoxy) is 3. The molecule has 19 heavy (non-hydrogen) atoms. The summed E-state index contributed by atoms with van der Waals surface area (Å²) < 4.78 is 17.1. The molecule has 4 nitrogen and oxygen atoms in total. The van der Waals surface area contributed by atoms with E-state index in [-0.39, 0.29) is 12.6 Å². The third-order valence-corrected chi connectivity index (χ3v) is 4.08. The van der Waals surface area contributed by atoms with Crippen molar-refractivity contribution < 1.29 is 19.0 Å². The monoisotopic (exact) mass is 376 g/mol. The summed E-state index contributed by atoms with van der Waals surface area (Å²) in [6, 6.07) is 8.22. The Morgan fingerprint density at radius 3 is 2.53 bits per heavy atom.